The lowest BCUT2D eigenvalue weighted by molar-refractivity contribution is 0.0646. The minimum atomic E-state index is 0.122. The molecule has 0 bridgehead atoms. The average molecular weight is 354 g/mol. The third-order valence-electron chi connectivity index (χ3n) is 4.30. The first-order valence-electron chi connectivity index (χ1n) is 9.21. The number of aliphatic imine (C=N–C) groups is 1. The van der Waals surface area contributed by atoms with E-state index in [9.17, 15) is 0 Å². The van der Waals surface area contributed by atoms with Crippen LogP contribution in [0.4, 0.5) is 0 Å². The van der Waals surface area contributed by atoms with Crippen LogP contribution in [0, 0.1) is 6.92 Å². The number of aryl methyl sites for hydroxylation is 1. The van der Waals surface area contributed by atoms with E-state index < -0.39 is 0 Å². The van der Waals surface area contributed by atoms with Crippen LogP contribution in [0.2, 0.25) is 0 Å². The zero-order valence-electron chi connectivity index (χ0n) is 16.0. The van der Waals surface area contributed by atoms with E-state index in [2.05, 4.69) is 52.7 Å². The van der Waals surface area contributed by atoms with Crippen LogP contribution in [0.5, 0.6) is 0 Å². The first-order valence-corrected chi connectivity index (χ1v) is 9.21. The van der Waals surface area contributed by atoms with Crippen molar-refractivity contribution >= 4 is 5.96 Å². The molecule has 5 nitrogen and oxygen atoms in total. The van der Waals surface area contributed by atoms with Crippen LogP contribution in [0.25, 0.3) is 0 Å². The smallest absolute Gasteiger partial charge is 0.190 e. The Balaban J connectivity index is 1.59. The number of rotatable bonds is 9. The highest BCUT2D eigenvalue weighted by atomic mass is 16.5. The monoisotopic (exact) mass is 354 g/mol. The number of benzene rings is 1. The van der Waals surface area contributed by atoms with E-state index in [0.717, 1.165) is 38.5 Å². The lowest BCUT2D eigenvalue weighted by atomic mass is 10.1. The molecule has 0 saturated carbocycles. The molecule has 1 atom stereocenters. The number of nitrogens with zero attached hydrogens (tertiary/aromatic N) is 2. The Morgan fingerprint density at radius 2 is 1.92 bits per heavy atom. The number of hydrogen-bond acceptors (Lipinski definition) is 3. The summed E-state index contributed by atoms with van der Waals surface area (Å²) in [5.74, 6) is 0.827. The van der Waals surface area contributed by atoms with Crippen molar-refractivity contribution in [1.29, 1.82) is 0 Å². The summed E-state index contributed by atoms with van der Waals surface area (Å²) in [4.78, 5) is 8.39. The van der Waals surface area contributed by atoms with Gasteiger partial charge in [-0.2, -0.15) is 0 Å². The molecule has 26 heavy (non-hydrogen) atoms. The molecule has 0 fully saturated rings. The predicted molar refractivity (Wildman–Crippen MR) is 107 cm³/mol. The van der Waals surface area contributed by atoms with Gasteiger partial charge in [0.1, 0.15) is 0 Å². The minimum absolute atomic E-state index is 0.122. The van der Waals surface area contributed by atoms with Gasteiger partial charge in [0.25, 0.3) is 0 Å². The van der Waals surface area contributed by atoms with Crippen LogP contribution < -0.4 is 10.6 Å². The standard InChI is InChI=1S/C21H30N4O/c1-17-16-23-13-10-19(17)11-14-25-21(22-3)24-12-7-15-26-18(2)20-8-5-4-6-9-20/h4-6,8-10,13,16,18H,7,11-12,14-15H2,1-3H3,(H2,22,24,25). The van der Waals surface area contributed by atoms with Crippen LogP contribution in [0.1, 0.15) is 36.1 Å². The van der Waals surface area contributed by atoms with Gasteiger partial charge in [-0.1, -0.05) is 30.3 Å². The third kappa shape index (κ3) is 6.84. The summed E-state index contributed by atoms with van der Waals surface area (Å²) >= 11 is 0. The molecule has 0 aliphatic carbocycles. The van der Waals surface area contributed by atoms with Crippen molar-refractivity contribution in [2.45, 2.75) is 32.8 Å². The molecule has 1 aromatic carbocycles. The summed E-state index contributed by atoms with van der Waals surface area (Å²) in [6.07, 6.45) is 5.75. The van der Waals surface area contributed by atoms with Crippen LogP contribution in [0.15, 0.2) is 53.8 Å². The summed E-state index contributed by atoms with van der Waals surface area (Å²) in [5.41, 5.74) is 3.75. The SMILES string of the molecule is CN=C(NCCCOC(C)c1ccccc1)NCCc1ccncc1C. The molecule has 0 aliphatic rings. The number of nitrogens with one attached hydrogen (secondary N) is 2. The molecule has 2 aromatic rings. The molecule has 2 N–H and O–H groups in total. The number of hydrogen-bond donors (Lipinski definition) is 2. The second kappa shape index (κ2) is 11.3. The summed E-state index contributed by atoms with van der Waals surface area (Å²) in [7, 11) is 1.79. The average Bonchev–Trinajstić information content (AvgIpc) is 2.68. The van der Waals surface area contributed by atoms with Crippen LogP contribution in [-0.2, 0) is 11.2 Å². The van der Waals surface area contributed by atoms with E-state index in [4.69, 9.17) is 4.74 Å². The number of guanidine groups is 1. The summed E-state index contributed by atoms with van der Waals surface area (Å²) < 4.78 is 5.89. The lowest BCUT2D eigenvalue weighted by Gasteiger charge is -2.15. The Hall–Kier alpha value is -2.40. The van der Waals surface area contributed by atoms with Gasteiger partial charge in [0.2, 0.25) is 0 Å². The van der Waals surface area contributed by atoms with Crippen LogP contribution in [0.3, 0.4) is 0 Å². The van der Waals surface area contributed by atoms with Gasteiger partial charge in [-0.3, -0.25) is 9.98 Å². The van der Waals surface area contributed by atoms with Gasteiger partial charge in [-0.05, 0) is 49.4 Å². The minimum Gasteiger partial charge on any atom is -0.374 e. The molecule has 0 saturated heterocycles. The second-order valence-corrected chi connectivity index (χ2v) is 6.26. The topological polar surface area (TPSA) is 58.5 Å². The van der Waals surface area contributed by atoms with Crippen molar-refractivity contribution in [2.75, 3.05) is 26.7 Å². The summed E-state index contributed by atoms with van der Waals surface area (Å²) in [6.45, 7) is 6.56. The molecule has 1 unspecified atom stereocenters. The van der Waals surface area contributed by atoms with Crippen LogP contribution >= 0.6 is 0 Å². The fourth-order valence-electron chi connectivity index (χ4n) is 2.68. The van der Waals surface area contributed by atoms with Gasteiger partial charge >= 0.3 is 0 Å². The number of ether oxygens (including phenoxy) is 1. The van der Waals surface area contributed by atoms with Gasteiger partial charge in [-0.25, -0.2) is 0 Å². The maximum atomic E-state index is 5.89. The third-order valence-corrected chi connectivity index (χ3v) is 4.30. The Morgan fingerprint density at radius 3 is 2.65 bits per heavy atom. The van der Waals surface area contributed by atoms with E-state index in [1.165, 1.54) is 16.7 Å². The fourth-order valence-corrected chi connectivity index (χ4v) is 2.68. The van der Waals surface area contributed by atoms with E-state index >= 15 is 0 Å². The van der Waals surface area contributed by atoms with E-state index in [1.54, 1.807) is 7.05 Å². The normalized spacial score (nSPS) is 12.7. The highest BCUT2D eigenvalue weighted by Gasteiger charge is 2.04. The van der Waals surface area contributed by atoms with Crippen molar-refractivity contribution in [2.24, 2.45) is 4.99 Å². The maximum absolute atomic E-state index is 5.89. The van der Waals surface area contributed by atoms with E-state index in [-0.39, 0.29) is 6.10 Å². The van der Waals surface area contributed by atoms with Crippen LogP contribution in [-0.4, -0.2) is 37.7 Å². The van der Waals surface area contributed by atoms with Crippen molar-refractivity contribution in [3.8, 4) is 0 Å². The number of aromatic nitrogens is 1. The van der Waals surface area contributed by atoms with Gasteiger partial charge in [0.05, 0.1) is 6.10 Å². The van der Waals surface area contributed by atoms with Crippen molar-refractivity contribution in [1.82, 2.24) is 15.6 Å². The molecule has 5 heteroatoms. The molecule has 0 radical (unpaired) electrons. The first kappa shape index (κ1) is 19.9. The van der Waals surface area contributed by atoms with E-state index in [1.807, 2.05) is 30.6 Å². The summed E-state index contributed by atoms with van der Waals surface area (Å²) in [6, 6.07) is 12.4. The van der Waals surface area contributed by atoms with Crippen molar-refractivity contribution in [3.63, 3.8) is 0 Å². The zero-order chi connectivity index (χ0) is 18.6. The molecule has 1 heterocycles. The fraction of sp³-hybridized carbons (Fsp3) is 0.429. The maximum Gasteiger partial charge on any atom is 0.190 e. The zero-order valence-corrected chi connectivity index (χ0v) is 16.0. The molecular formula is C21H30N4O. The number of pyridine rings is 1. The molecule has 0 amide bonds. The predicted octanol–water partition coefficient (Wildman–Crippen LogP) is 3.27. The molecule has 0 spiro atoms. The largest absolute Gasteiger partial charge is 0.374 e. The van der Waals surface area contributed by atoms with E-state index in [0.29, 0.717) is 0 Å². The highest BCUT2D eigenvalue weighted by molar-refractivity contribution is 5.79. The quantitative estimate of drug-likeness (QED) is 0.412. The Kier molecular flexibility index (Phi) is 8.63. The lowest BCUT2D eigenvalue weighted by Crippen LogP contribution is -2.39. The molecule has 0 aliphatic heterocycles. The molecular weight excluding hydrogens is 324 g/mol. The Morgan fingerprint density at radius 1 is 1.15 bits per heavy atom. The van der Waals surface area contributed by atoms with Gasteiger partial charge in [-0.15, -0.1) is 0 Å². The first-order chi connectivity index (χ1) is 12.7. The van der Waals surface area contributed by atoms with Gasteiger partial charge < -0.3 is 15.4 Å². The Bertz CT molecular complexity index is 673. The van der Waals surface area contributed by atoms with Crippen molar-refractivity contribution in [3.05, 3.63) is 65.5 Å². The van der Waals surface area contributed by atoms with Gasteiger partial charge in [0.15, 0.2) is 5.96 Å². The molecule has 1 aromatic heterocycles. The molecule has 2 rings (SSSR count). The Labute approximate surface area is 156 Å². The van der Waals surface area contributed by atoms with Gasteiger partial charge in [0, 0.05) is 39.1 Å². The molecule has 140 valence electrons. The highest BCUT2D eigenvalue weighted by Crippen LogP contribution is 2.15. The summed E-state index contributed by atoms with van der Waals surface area (Å²) in [5, 5.41) is 6.68. The van der Waals surface area contributed by atoms with Crippen molar-refractivity contribution < 1.29 is 4.74 Å². The second-order valence-electron chi connectivity index (χ2n) is 6.26.